The Bertz CT molecular complexity index is 1280. The zero-order valence-corrected chi connectivity index (χ0v) is 20.4. The summed E-state index contributed by atoms with van der Waals surface area (Å²) in [4.78, 5) is 18.4. The van der Waals surface area contributed by atoms with Crippen LogP contribution in [-0.4, -0.2) is 52.0 Å². The molecule has 5 rings (SSSR count). The third-order valence-electron chi connectivity index (χ3n) is 6.06. The highest BCUT2D eigenvalue weighted by atomic mass is 32.2. The monoisotopic (exact) mass is 477 g/mol. The number of benzene rings is 1. The molecule has 0 amide bonds. The summed E-state index contributed by atoms with van der Waals surface area (Å²) in [5.74, 6) is 2.38. The summed E-state index contributed by atoms with van der Waals surface area (Å²) in [7, 11) is 0. The van der Waals surface area contributed by atoms with Crippen molar-refractivity contribution in [3.05, 3.63) is 60.7 Å². The minimum absolute atomic E-state index is 0.192. The zero-order valence-electron chi connectivity index (χ0n) is 19.6. The standard InChI is InChI=1S/C25H28FN7S/c1-17(2)33-16-20(26)19-14-18(7-8-21(19)33)28-22-15-24(30-25(29-22)34-3)32-12-10-31(11-13-32)23-6-4-5-9-27-23/h4-9,14-17H,10-13H2,1-3H3,(H,28,29,30). The third kappa shape index (κ3) is 4.52. The number of halogens is 1. The fraction of sp³-hybridized carbons (Fsp3) is 0.320. The highest BCUT2D eigenvalue weighted by Crippen LogP contribution is 2.29. The highest BCUT2D eigenvalue weighted by Gasteiger charge is 2.20. The highest BCUT2D eigenvalue weighted by molar-refractivity contribution is 7.98. The maximum atomic E-state index is 14.6. The van der Waals surface area contributed by atoms with E-state index in [1.807, 2.05) is 73.3 Å². The largest absolute Gasteiger partial charge is 0.353 e. The predicted molar refractivity (Wildman–Crippen MR) is 138 cm³/mol. The van der Waals surface area contributed by atoms with Gasteiger partial charge in [0.15, 0.2) is 5.16 Å². The van der Waals surface area contributed by atoms with Crippen LogP contribution < -0.4 is 15.1 Å². The van der Waals surface area contributed by atoms with E-state index in [0.717, 1.165) is 49.0 Å². The molecule has 0 unspecified atom stereocenters. The van der Waals surface area contributed by atoms with Crippen molar-refractivity contribution in [2.75, 3.05) is 47.6 Å². The molecule has 3 aromatic heterocycles. The van der Waals surface area contributed by atoms with E-state index in [9.17, 15) is 4.39 Å². The van der Waals surface area contributed by atoms with Crippen molar-refractivity contribution in [3.63, 3.8) is 0 Å². The van der Waals surface area contributed by atoms with Crippen molar-refractivity contribution < 1.29 is 4.39 Å². The van der Waals surface area contributed by atoms with Crippen molar-refractivity contribution in [3.8, 4) is 0 Å². The maximum absolute atomic E-state index is 14.6. The van der Waals surface area contributed by atoms with Crippen LogP contribution in [-0.2, 0) is 0 Å². The van der Waals surface area contributed by atoms with Crippen LogP contribution in [0.15, 0.2) is 60.0 Å². The van der Waals surface area contributed by atoms with E-state index in [2.05, 4.69) is 25.1 Å². The Morgan fingerprint density at radius 1 is 0.971 bits per heavy atom. The van der Waals surface area contributed by atoms with Crippen LogP contribution in [0, 0.1) is 5.82 Å². The summed E-state index contributed by atoms with van der Waals surface area (Å²) in [6.45, 7) is 7.55. The topological polar surface area (TPSA) is 62.1 Å². The number of nitrogens with one attached hydrogen (secondary N) is 1. The Hall–Kier alpha value is -3.33. The van der Waals surface area contributed by atoms with E-state index >= 15 is 0 Å². The molecule has 34 heavy (non-hydrogen) atoms. The van der Waals surface area contributed by atoms with Gasteiger partial charge in [-0.15, -0.1) is 0 Å². The van der Waals surface area contributed by atoms with Gasteiger partial charge in [-0.05, 0) is 50.4 Å². The van der Waals surface area contributed by atoms with Crippen LogP contribution in [0.1, 0.15) is 19.9 Å². The number of pyridine rings is 1. The Balaban J connectivity index is 1.36. The molecule has 4 heterocycles. The van der Waals surface area contributed by atoms with Crippen LogP contribution in [0.5, 0.6) is 0 Å². The molecule has 0 radical (unpaired) electrons. The lowest BCUT2D eigenvalue weighted by atomic mass is 10.2. The number of hydrogen-bond acceptors (Lipinski definition) is 7. The van der Waals surface area contributed by atoms with E-state index in [1.54, 1.807) is 6.20 Å². The molecule has 9 heteroatoms. The van der Waals surface area contributed by atoms with Crippen LogP contribution in [0.3, 0.4) is 0 Å². The lowest BCUT2D eigenvalue weighted by Crippen LogP contribution is -2.47. The third-order valence-corrected chi connectivity index (χ3v) is 6.61. The summed E-state index contributed by atoms with van der Waals surface area (Å²) < 4.78 is 16.5. The van der Waals surface area contributed by atoms with E-state index < -0.39 is 0 Å². The smallest absolute Gasteiger partial charge is 0.191 e. The van der Waals surface area contributed by atoms with Crippen LogP contribution in [0.25, 0.3) is 10.9 Å². The number of rotatable bonds is 6. The molecular formula is C25H28FN7S. The fourth-order valence-electron chi connectivity index (χ4n) is 4.30. The van der Waals surface area contributed by atoms with Gasteiger partial charge in [0.1, 0.15) is 23.3 Å². The molecule has 0 bridgehead atoms. The fourth-order valence-corrected chi connectivity index (χ4v) is 4.68. The minimum Gasteiger partial charge on any atom is -0.353 e. The van der Waals surface area contributed by atoms with Gasteiger partial charge in [-0.3, -0.25) is 0 Å². The first-order chi connectivity index (χ1) is 16.5. The van der Waals surface area contributed by atoms with Crippen molar-refractivity contribution >= 4 is 45.8 Å². The average Bonchev–Trinajstić information content (AvgIpc) is 3.20. The lowest BCUT2D eigenvalue weighted by Gasteiger charge is -2.36. The maximum Gasteiger partial charge on any atom is 0.191 e. The summed E-state index contributed by atoms with van der Waals surface area (Å²) in [5.41, 5.74) is 1.68. The summed E-state index contributed by atoms with van der Waals surface area (Å²) in [6, 6.07) is 13.9. The molecule has 1 saturated heterocycles. The number of nitrogens with zero attached hydrogens (tertiary/aromatic N) is 6. The van der Waals surface area contributed by atoms with E-state index in [0.29, 0.717) is 16.4 Å². The van der Waals surface area contributed by atoms with Gasteiger partial charge < -0.3 is 19.7 Å². The number of piperazine rings is 1. The summed E-state index contributed by atoms with van der Waals surface area (Å²) >= 11 is 1.51. The number of fused-ring (bicyclic) bond motifs is 1. The first kappa shape index (κ1) is 22.5. The number of thioether (sulfide) groups is 1. The van der Waals surface area contributed by atoms with Crippen molar-refractivity contribution in [1.29, 1.82) is 0 Å². The second-order valence-corrected chi connectivity index (χ2v) is 9.37. The first-order valence-electron chi connectivity index (χ1n) is 11.4. The quantitative estimate of drug-likeness (QED) is 0.297. The number of hydrogen-bond donors (Lipinski definition) is 1. The molecule has 1 fully saturated rings. The SMILES string of the molecule is CSc1nc(Nc2ccc3c(c2)c(F)cn3C(C)C)cc(N2CCN(c3ccccn3)CC2)n1. The molecule has 1 aliphatic heterocycles. The molecule has 176 valence electrons. The van der Waals surface area contributed by atoms with E-state index in [4.69, 9.17) is 4.98 Å². The molecular weight excluding hydrogens is 449 g/mol. The predicted octanol–water partition coefficient (Wildman–Crippen LogP) is 5.34. The van der Waals surface area contributed by atoms with Crippen LogP contribution >= 0.6 is 11.8 Å². The van der Waals surface area contributed by atoms with Gasteiger partial charge in [0.05, 0.1) is 5.52 Å². The molecule has 4 aromatic rings. The van der Waals surface area contributed by atoms with Crippen LogP contribution in [0.2, 0.25) is 0 Å². The molecule has 0 aliphatic carbocycles. The Labute approximate surface area is 203 Å². The normalized spacial score (nSPS) is 14.3. The van der Waals surface area contributed by atoms with Gasteiger partial charge in [-0.2, -0.15) is 0 Å². The van der Waals surface area contributed by atoms with Gasteiger partial charge in [-0.25, -0.2) is 19.3 Å². The van der Waals surface area contributed by atoms with E-state index in [1.165, 1.54) is 11.8 Å². The average molecular weight is 478 g/mol. The van der Waals surface area contributed by atoms with Gasteiger partial charge in [-0.1, -0.05) is 17.8 Å². The minimum atomic E-state index is -0.216. The van der Waals surface area contributed by atoms with Crippen molar-refractivity contribution in [2.45, 2.75) is 25.0 Å². The summed E-state index contributed by atoms with van der Waals surface area (Å²) in [6.07, 6.45) is 5.37. The number of aromatic nitrogens is 4. The molecule has 1 N–H and O–H groups in total. The van der Waals surface area contributed by atoms with E-state index in [-0.39, 0.29) is 11.9 Å². The molecule has 0 spiro atoms. The van der Waals surface area contributed by atoms with Gasteiger partial charge in [0.2, 0.25) is 0 Å². The van der Waals surface area contributed by atoms with Crippen molar-refractivity contribution in [1.82, 2.24) is 19.5 Å². The second kappa shape index (κ2) is 9.50. The molecule has 0 saturated carbocycles. The Morgan fingerprint density at radius 2 is 1.74 bits per heavy atom. The Morgan fingerprint density at radius 3 is 2.41 bits per heavy atom. The molecule has 0 atom stereocenters. The van der Waals surface area contributed by atoms with Gasteiger partial charge >= 0.3 is 0 Å². The lowest BCUT2D eigenvalue weighted by molar-refractivity contribution is 0.587. The Kier molecular flexibility index (Phi) is 6.28. The van der Waals surface area contributed by atoms with Gasteiger partial charge in [0, 0.05) is 61.8 Å². The van der Waals surface area contributed by atoms with Crippen LogP contribution in [0.4, 0.5) is 27.5 Å². The second-order valence-electron chi connectivity index (χ2n) is 8.60. The first-order valence-corrected chi connectivity index (χ1v) is 12.7. The molecule has 1 aromatic carbocycles. The van der Waals surface area contributed by atoms with Crippen molar-refractivity contribution in [2.24, 2.45) is 0 Å². The van der Waals surface area contributed by atoms with Gasteiger partial charge in [0.25, 0.3) is 0 Å². The zero-order chi connectivity index (χ0) is 23.7. The molecule has 7 nitrogen and oxygen atoms in total. The number of anilines is 4. The molecule has 1 aliphatic rings. The summed E-state index contributed by atoms with van der Waals surface area (Å²) in [5, 5.41) is 4.66.